The van der Waals surface area contributed by atoms with Crippen LogP contribution in [0.3, 0.4) is 0 Å². The molecule has 1 N–H and O–H groups in total. The highest BCUT2D eigenvalue weighted by molar-refractivity contribution is 5.95. The molecule has 0 unspecified atom stereocenters. The van der Waals surface area contributed by atoms with Crippen LogP contribution in [0, 0.1) is 0 Å². The number of rotatable bonds is 5. The molecule has 2 amide bonds. The van der Waals surface area contributed by atoms with E-state index in [2.05, 4.69) is 24.0 Å². The van der Waals surface area contributed by atoms with E-state index in [4.69, 9.17) is 4.74 Å². The zero-order valence-corrected chi connectivity index (χ0v) is 19.3. The first kappa shape index (κ1) is 22.4. The monoisotopic (exact) mass is 438 g/mol. The van der Waals surface area contributed by atoms with E-state index >= 15 is 0 Å². The minimum atomic E-state index is 0.0893. The predicted molar refractivity (Wildman–Crippen MR) is 123 cm³/mol. The molecule has 2 aromatic rings. The number of hydrogen-bond donors (Lipinski definition) is 1. The maximum Gasteiger partial charge on any atom is 0.257 e. The van der Waals surface area contributed by atoms with Gasteiger partial charge in [-0.25, -0.2) is 0 Å². The van der Waals surface area contributed by atoms with E-state index in [1.54, 1.807) is 13.3 Å². The first-order chi connectivity index (χ1) is 15.5. The number of nitrogens with zero attached hydrogens (tertiary/aromatic N) is 3. The number of aromatic nitrogens is 2. The fourth-order valence-corrected chi connectivity index (χ4v) is 5.19. The molecule has 0 spiro atoms. The number of ether oxygens (including phenoxy) is 1. The van der Waals surface area contributed by atoms with Crippen LogP contribution in [0.5, 0.6) is 5.75 Å². The number of aromatic amines is 1. The van der Waals surface area contributed by atoms with Crippen LogP contribution in [-0.4, -0.2) is 64.1 Å². The lowest BCUT2D eigenvalue weighted by Crippen LogP contribution is -2.47. The molecule has 1 aromatic heterocycles. The summed E-state index contributed by atoms with van der Waals surface area (Å²) in [6, 6.07) is 8.16. The van der Waals surface area contributed by atoms with E-state index < -0.39 is 0 Å². The molecule has 7 heteroatoms. The van der Waals surface area contributed by atoms with E-state index in [-0.39, 0.29) is 29.8 Å². The molecular formula is C25H34N4O3. The maximum absolute atomic E-state index is 13.4. The van der Waals surface area contributed by atoms with Gasteiger partial charge in [-0.15, -0.1) is 0 Å². The second kappa shape index (κ2) is 9.76. The van der Waals surface area contributed by atoms with Gasteiger partial charge in [-0.05, 0) is 63.6 Å². The van der Waals surface area contributed by atoms with Crippen molar-refractivity contribution < 1.29 is 14.3 Å². The van der Waals surface area contributed by atoms with Gasteiger partial charge in [-0.2, -0.15) is 5.10 Å². The summed E-state index contributed by atoms with van der Waals surface area (Å²) in [6.45, 7) is 5.67. The lowest BCUT2D eigenvalue weighted by Gasteiger charge is -2.39. The van der Waals surface area contributed by atoms with Gasteiger partial charge in [0.05, 0.1) is 31.0 Å². The molecule has 0 saturated carbocycles. The molecule has 172 valence electrons. The number of H-pyrrole nitrogens is 1. The Hall–Kier alpha value is -2.83. The van der Waals surface area contributed by atoms with Crippen molar-refractivity contribution >= 4 is 11.8 Å². The Morgan fingerprint density at radius 3 is 2.34 bits per heavy atom. The van der Waals surface area contributed by atoms with Gasteiger partial charge in [0.25, 0.3) is 5.91 Å². The number of nitrogens with one attached hydrogen (secondary N) is 1. The standard InChI is InChI=1S/C25H34N4O3/c1-17-5-4-6-18(2)29(17)25(31)22-16-26-27-24(22)20-11-13-28(14-12-20)23(30)15-19-7-9-21(32-3)10-8-19/h7-10,16-18,20H,4-6,11-15H2,1-3H3,(H,26,27)/t17-,18+. The van der Waals surface area contributed by atoms with Crippen LogP contribution < -0.4 is 4.74 Å². The normalized spacial score (nSPS) is 22.1. The Morgan fingerprint density at radius 1 is 1.06 bits per heavy atom. The van der Waals surface area contributed by atoms with Crippen molar-refractivity contribution in [2.24, 2.45) is 0 Å². The fourth-order valence-electron chi connectivity index (χ4n) is 5.19. The van der Waals surface area contributed by atoms with Gasteiger partial charge in [0.1, 0.15) is 5.75 Å². The van der Waals surface area contributed by atoms with Gasteiger partial charge in [-0.3, -0.25) is 14.7 Å². The van der Waals surface area contributed by atoms with Crippen LogP contribution in [0.2, 0.25) is 0 Å². The Kier molecular flexibility index (Phi) is 6.82. The highest BCUT2D eigenvalue weighted by atomic mass is 16.5. The number of benzene rings is 1. The van der Waals surface area contributed by atoms with Crippen molar-refractivity contribution in [3.8, 4) is 5.75 Å². The number of piperidine rings is 2. The summed E-state index contributed by atoms with van der Waals surface area (Å²) in [5.41, 5.74) is 2.62. The minimum Gasteiger partial charge on any atom is -0.497 e. The molecule has 2 aliphatic heterocycles. The molecule has 2 aliphatic rings. The molecule has 3 heterocycles. The molecule has 4 rings (SSSR count). The zero-order chi connectivity index (χ0) is 22.7. The molecule has 0 aliphatic carbocycles. The second-order valence-corrected chi connectivity index (χ2v) is 9.22. The maximum atomic E-state index is 13.4. The SMILES string of the molecule is COc1ccc(CC(=O)N2CCC(c3[nH]ncc3C(=O)N3[C@H](C)CCC[C@@H]3C)CC2)cc1. The first-order valence-electron chi connectivity index (χ1n) is 11.7. The predicted octanol–water partition coefficient (Wildman–Crippen LogP) is 3.77. The van der Waals surface area contributed by atoms with Crippen LogP contribution in [0.1, 0.15) is 73.5 Å². The van der Waals surface area contributed by atoms with Crippen molar-refractivity contribution in [3.05, 3.63) is 47.3 Å². The van der Waals surface area contributed by atoms with Gasteiger partial charge < -0.3 is 14.5 Å². The Morgan fingerprint density at radius 2 is 1.72 bits per heavy atom. The largest absolute Gasteiger partial charge is 0.497 e. The van der Waals surface area contributed by atoms with E-state index in [1.807, 2.05) is 34.1 Å². The summed E-state index contributed by atoms with van der Waals surface area (Å²) in [7, 11) is 1.64. The van der Waals surface area contributed by atoms with Crippen molar-refractivity contribution in [1.29, 1.82) is 0 Å². The van der Waals surface area contributed by atoms with Gasteiger partial charge in [0.2, 0.25) is 5.91 Å². The third-order valence-corrected chi connectivity index (χ3v) is 7.10. The molecule has 2 atom stereocenters. The number of amides is 2. The molecule has 0 radical (unpaired) electrons. The summed E-state index contributed by atoms with van der Waals surface area (Å²) < 4.78 is 5.18. The van der Waals surface area contributed by atoms with Gasteiger partial charge in [-0.1, -0.05) is 12.1 Å². The molecule has 32 heavy (non-hydrogen) atoms. The minimum absolute atomic E-state index is 0.0893. The summed E-state index contributed by atoms with van der Waals surface area (Å²) in [5.74, 6) is 1.24. The molecule has 2 saturated heterocycles. The third kappa shape index (κ3) is 4.66. The average Bonchev–Trinajstić information content (AvgIpc) is 3.29. The third-order valence-electron chi connectivity index (χ3n) is 7.10. The Labute approximate surface area is 190 Å². The number of carbonyl (C=O) groups is 2. The average molecular weight is 439 g/mol. The Balaban J connectivity index is 1.37. The second-order valence-electron chi connectivity index (χ2n) is 9.22. The highest BCUT2D eigenvalue weighted by Crippen LogP contribution is 2.32. The first-order valence-corrected chi connectivity index (χ1v) is 11.7. The lowest BCUT2D eigenvalue weighted by atomic mass is 9.90. The summed E-state index contributed by atoms with van der Waals surface area (Å²) in [6.07, 6.45) is 7.03. The zero-order valence-electron chi connectivity index (χ0n) is 19.3. The molecular weight excluding hydrogens is 404 g/mol. The molecule has 0 bridgehead atoms. The Bertz CT molecular complexity index is 921. The van der Waals surface area contributed by atoms with Gasteiger partial charge >= 0.3 is 0 Å². The number of likely N-dealkylation sites (tertiary alicyclic amines) is 2. The topological polar surface area (TPSA) is 78.5 Å². The molecule has 1 aromatic carbocycles. The van der Waals surface area contributed by atoms with Crippen LogP contribution in [-0.2, 0) is 11.2 Å². The smallest absolute Gasteiger partial charge is 0.257 e. The summed E-state index contributed by atoms with van der Waals surface area (Å²) in [5, 5.41) is 7.33. The van der Waals surface area contributed by atoms with Crippen molar-refractivity contribution in [2.45, 2.75) is 70.4 Å². The molecule has 2 fully saturated rings. The highest BCUT2D eigenvalue weighted by Gasteiger charge is 2.34. The van der Waals surface area contributed by atoms with E-state index in [9.17, 15) is 9.59 Å². The summed E-state index contributed by atoms with van der Waals surface area (Å²) >= 11 is 0. The van der Waals surface area contributed by atoms with Gasteiger partial charge in [0.15, 0.2) is 0 Å². The van der Waals surface area contributed by atoms with Crippen LogP contribution >= 0.6 is 0 Å². The van der Waals surface area contributed by atoms with Crippen molar-refractivity contribution in [3.63, 3.8) is 0 Å². The van der Waals surface area contributed by atoms with Crippen molar-refractivity contribution in [2.75, 3.05) is 20.2 Å². The number of hydrogen-bond acceptors (Lipinski definition) is 4. The van der Waals surface area contributed by atoms with E-state index in [1.165, 1.54) is 6.42 Å². The lowest BCUT2D eigenvalue weighted by molar-refractivity contribution is -0.131. The van der Waals surface area contributed by atoms with Crippen LogP contribution in [0.15, 0.2) is 30.5 Å². The summed E-state index contributed by atoms with van der Waals surface area (Å²) in [4.78, 5) is 30.1. The quantitative estimate of drug-likeness (QED) is 0.771. The van der Waals surface area contributed by atoms with E-state index in [0.717, 1.165) is 42.7 Å². The fraction of sp³-hybridized carbons (Fsp3) is 0.560. The van der Waals surface area contributed by atoms with Crippen molar-refractivity contribution in [1.82, 2.24) is 20.0 Å². The van der Waals surface area contributed by atoms with Gasteiger partial charge in [0, 0.05) is 31.1 Å². The van der Waals surface area contributed by atoms with Crippen LogP contribution in [0.4, 0.5) is 0 Å². The molecule has 7 nitrogen and oxygen atoms in total. The number of carbonyl (C=O) groups excluding carboxylic acids is 2. The van der Waals surface area contributed by atoms with E-state index in [0.29, 0.717) is 25.1 Å². The van der Waals surface area contributed by atoms with Crippen LogP contribution in [0.25, 0.3) is 0 Å². The number of methoxy groups -OCH3 is 1.